The Morgan fingerprint density at radius 1 is 1.22 bits per heavy atom. The zero-order valence-electron chi connectivity index (χ0n) is 17.2. The second kappa shape index (κ2) is 8.60. The van der Waals surface area contributed by atoms with E-state index in [0.717, 1.165) is 39.4 Å². The summed E-state index contributed by atoms with van der Waals surface area (Å²) in [5.74, 6) is 0.385. The molecule has 0 saturated carbocycles. The number of alkyl halides is 3. The molecule has 0 aliphatic carbocycles. The van der Waals surface area contributed by atoms with Crippen molar-refractivity contribution in [1.29, 1.82) is 0 Å². The molecule has 0 fully saturated rings. The number of thiophene rings is 1. The Hall–Kier alpha value is -2.84. The van der Waals surface area contributed by atoms with Gasteiger partial charge in [-0.3, -0.25) is 9.79 Å². The van der Waals surface area contributed by atoms with Crippen LogP contribution in [0.15, 0.2) is 47.5 Å². The highest BCUT2D eigenvalue weighted by Gasteiger charge is 2.32. The van der Waals surface area contributed by atoms with E-state index in [4.69, 9.17) is 16.3 Å². The molecule has 0 N–H and O–H groups in total. The normalized spacial score (nSPS) is 13.3. The third-order valence-electron chi connectivity index (χ3n) is 5.12. The van der Waals surface area contributed by atoms with Gasteiger partial charge >= 0.3 is 6.18 Å². The Morgan fingerprint density at radius 3 is 2.69 bits per heavy atom. The lowest BCUT2D eigenvalue weighted by atomic mass is 10.0. The molecule has 4 rings (SSSR count). The number of fused-ring (bicyclic) bond motifs is 3. The average molecular weight is 479 g/mol. The third kappa shape index (κ3) is 4.25. The summed E-state index contributed by atoms with van der Waals surface area (Å²) in [6.07, 6.45) is -2.13. The number of ether oxygens (including phenoxy) is 1. The van der Waals surface area contributed by atoms with Crippen molar-refractivity contribution in [3.8, 4) is 16.2 Å². The summed E-state index contributed by atoms with van der Waals surface area (Å²) in [5.41, 5.74) is 2.12. The molecule has 0 bridgehead atoms. The average Bonchev–Trinajstić information content (AvgIpc) is 3.09. The lowest BCUT2D eigenvalue weighted by Gasteiger charge is -2.19. The number of halogens is 4. The lowest BCUT2D eigenvalue weighted by Crippen LogP contribution is -2.25. The molecule has 4 nitrogen and oxygen atoms in total. The molecular formula is C23H18ClF3N2O2S. The van der Waals surface area contributed by atoms with Crippen molar-refractivity contribution >= 4 is 40.7 Å². The first-order chi connectivity index (χ1) is 15.2. The molecule has 0 unspecified atom stereocenters. The molecule has 1 aliphatic rings. The molecule has 0 saturated heterocycles. The number of nitrogens with zero attached hydrogens (tertiary/aromatic N) is 2. The number of hydrogen-bond acceptors (Lipinski definition) is 4. The van der Waals surface area contributed by atoms with Gasteiger partial charge in [0.05, 0.1) is 27.8 Å². The molecule has 0 radical (unpaired) electrons. The van der Waals surface area contributed by atoms with Crippen LogP contribution in [0, 0.1) is 0 Å². The quantitative estimate of drug-likeness (QED) is 0.412. The van der Waals surface area contributed by atoms with Gasteiger partial charge in [0.15, 0.2) is 0 Å². The van der Waals surface area contributed by atoms with Crippen molar-refractivity contribution in [3.05, 3.63) is 69.1 Å². The van der Waals surface area contributed by atoms with Crippen LogP contribution in [0.3, 0.4) is 0 Å². The Labute approximate surface area is 191 Å². The largest absolute Gasteiger partial charge is 0.493 e. The maximum absolute atomic E-state index is 13.2. The third-order valence-corrected chi connectivity index (χ3v) is 6.62. The zero-order valence-corrected chi connectivity index (χ0v) is 18.7. The van der Waals surface area contributed by atoms with Gasteiger partial charge in [-0.1, -0.05) is 11.6 Å². The van der Waals surface area contributed by atoms with Crippen LogP contribution in [0.5, 0.6) is 5.75 Å². The Morgan fingerprint density at radius 2 is 2.00 bits per heavy atom. The van der Waals surface area contributed by atoms with Crippen molar-refractivity contribution in [2.75, 3.05) is 25.6 Å². The maximum Gasteiger partial charge on any atom is 0.416 e. The highest BCUT2D eigenvalue weighted by Crippen LogP contribution is 2.42. The van der Waals surface area contributed by atoms with E-state index >= 15 is 0 Å². The van der Waals surface area contributed by atoms with Crippen molar-refractivity contribution in [1.82, 2.24) is 0 Å². The SMILES string of the molecule is CN=Cc1ccc2c(c1)-c1sc(C(=O)N(C)c3ccc(C(F)(F)F)cc3Cl)cc1CCO2. The molecule has 3 aromatic rings. The molecule has 2 aromatic carbocycles. The van der Waals surface area contributed by atoms with Gasteiger partial charge in [-0.25, -0.2) is 0 Å². The number of hydrogen-bond donors (Lipinski definition) is 0. The van der Waals surface area contributed by atoms with E-state index in [1.165, 1.54) is 29.4 Å². The second-order valence-electron chi connectivity index (χ2n) is 7.23. The molecule has 1 amide bonds. The van der Waals surface area contributed by atoms with Crippen LogP contribution in [0.2, 0.25) is 5.02 Å². The van der Waals surface area contributed by atoms with Crippen LogP contribution in [0.1, 0.15) is 26.4 Å². The maximum atomic E-state index is 13.2. The van der Waals surface area contributed by atoms with Crippen LogP contribution < -0.4 is 9.64 Å². The van der Waals surface area contributed by atoms with Gasteiger partial charge in [-0.05, 0) is 53.6 Å². The predicted octanol–water partition coefficient (Wildman–Crippen LogP) is 6.35. The van der Waals surface area contributed by atoms with Gasteiger partial charge in [0.1, 0.15) is 5.75 Å². The Kier molecular flexibility index (Phi) is 6.01. The summed E-state index contributed by atoms with van der Waals surface area (Å²) in [4.78, 5) is 19.9. The summed E-state index contributed by atoms with van der Waals surface area (Å²) in [6.45, 7) is 0.478. The van der Waals surface area contributed by atoms with Gasteiger partial charge in [0, 0.05) is 37.2 Å². The van der Waals surface area contributed by atoms with E-state index in [1.807, 2.05) is 24.3 Å². The first kappa shape index (κ1) is 22.4. The number of rotatable bonds is 3. The van der Waals surface area contributed by atoms with E-state index in [1.54, 1.807) is 13.3 Å². The summed E-state index contributed by atoms with van der Waals surface area (Å²) in [5, 5.41) is -0.143. The minimum absolute atomic E-state index is 0.143. The number of aliphatic imine (C=N–C) groups is 1. The monoisotopic (exact) mass is 478 g/mol. The van der Waals surface area contributed by atoms with Gasteiger partial charge in [0.2, 0.25) is 0 Å². The molecule has 9 heteroatoms. The first-order valence-electron chi connectivity index (χ1n) is 9.66. The number of anilines is 1. The highest BCUT2D eigenvalue weighted by molar-refractivity contribution is 7.17. The van der Waals surface area contributed by atoms with Crippen LogP contribution in [-0.2, 0) is 12.6 Å². The summed E-state index contributed by atoms with van der Waals surface area (Å²) >= 11 is 7.40. The van der Waals surface area contributed by atoms with Crippen molar-refractivity contribution in [2.45, 2.75) is 12.6 Å². The standard InChI is InChI=1S/C23H18ClF3N2O2S/c1-28-12-13-3-6-19-16(9-13)21-14(7-8-31-19)10-20(32-21)22(30)29(2)18-5-4-15(11-17(18)24)23(25,26)27/h3-6,9-12H,7-8H2,1-2H3. The minimum atomic E-state index is -4.51. The van der Waals surface area contributed by atoms with Crippen molar-refractivity contribution in [3.63, 3.8) is 0 Å². The molecular weight excluding hydrogens is 461 g/mol. The molecule has 32 heavy (non-hydrogen) atoms. The molecule has 1 aromatic heterocycles. The molecule has 1 aliphatic heterocycles. The van der Waals surface area contributed by atoms with Gasteiger partial charge < -0.3 is 9.64 Å². The zero-order chi connectivity index (χ0) is 23.0. The number of benzene rings is 2. The van der Waals surface area contributed by atoms with Crippen molar-refractivity contribution < 1.29 is 22.7 Å². The van der Waals surface area contributed by atoms with Crippen LogP contribution in [-0.4, -0.2) is 32.8 Å². The number of carbonyl (C=O) groups is 1. The van der Waals surface area contributed by atoms with Gasteiger partial charge in [0.25, 0.3) is 5.91 Å². The van der Waals surface area contributed by atoms with E-state index < -0.39 is 11.7 Å². The second-order valence-corrected chi connectivity index (χ2v) is 8.69. The van der Waals surface area contributed by atoms with Crippen LogP contribution in [0.4, 0.5) is 18.9 Å². The Bertz CT molecular complexity index is 1220. The molecule has 0 spiro atoms. The fourth-order valence-electron chi connectivity index (χ4n) is 3.53. The lowest BCUT2D eigenvalue weighted by molar-refractivity contribution is -0.137. The van der Waals surface area contributed by atoms with Crippen LogP contribution in [0.25, 0.3) is 10.4 Å². The number of amides is 1. The summed E-state index contributed by atoms with van der Waals surface area (Å²) in [6, 6.07) is 10.5. The van der Waals surface area contributed by atoms with E-state index in [9.17, 15) is 18.0 Å². The fraction of sp³-hybridized carbons (Fsp3) is 0.217. The van der Waals surface area contributed by atoms with Crippen molar-refractivity contribution in [2.24, 2.45) is 4.99 Å². The van der Waals surface area contributed by atoms with E-state index in [0.29, 0.717) is 17.9 Å². The van der Waals surface area contributed by atoms with E-state index in [2.05, 4.69) is 4.99 Å². The smallest absolute Gasteiger partial charge is 0.416 e. The van der Waals surface area contributed by atoms with Gasteiger partial charge in [-0.15, -0.1) is 11.3 Å². The fourth-order valence-corrected chi connectivity index (χ4v) is 5.04. The minimum Gasteiger partial charge on any atom is -0.493 e. The highest BCUT2D eigenvalue weighted by atomic mass is 35.5. The summed E-state index contributed by atoms with van der Waals surface area (Å²) in [7, 11) is 3.19. The predicted molar refractivity (Wildman–Crippen MR) is 122 cm³/mol. The van der Waals surface area contributed by atoms with E-state index in [-0.39, 0.29) is 16.6 Å². The summed E-state index contributed by atoms with van der Waals surface area (Å²) < 4.78 is 44.6. The van der Waals surface area contributed by atoms with Crippen LogP contribution >= 0.6 is 22.9 Å². The molecule has 0 atom stereocenters. The topological polar surface area (TPSA) is 41.9 Å². The molecule has 166 valence electrons. The van der Waals surface area contributed by atoms with Gasteiger partial charge in [-0.2, -0.15) is 13.2 Å². The Balaban J connectivity index is 1.69. The first-order valence-corrected chi connectivity index (χ1v) is 10.9. The molecule has 2 heterocycles. The number of carbonyl (C=O) groups excluding carboxylic acids is 1.